The van der Waals surface area contributed by atoms with Gasteiger partial charge in [-0.1, -0.05) is 29.8 Å². The fourth-order valence-corrected chi connectivity index (χ4v) is 2.88. The van der Waals surface area contributed by atoms with Gasteiger partial charge in [-0.05, 0) is 62.1 Å². The van der Waals surface area contributed by atoms with E-state index in [2.05, 4.69) is 17.4 Å². The van der Waals surface area contributed by atoms with Gasteiger partial charge in [-0.25, -0.2) is 0 Å². The monoisotopic (exact) mass is 325 g/mol. The Kier molecular flexibility index (Phi) is 5.39. The van der Waals surface area contributed by atoms with Crippen molar-refractivity contribution in [1.82, 2.24) is 0 Å². The summed E-state index contributed by atoms with van der Waals surface area (Å²) in [5.41, 5.74) is 5.72. The highest BCUT2D eigenvalue weighted by molar-refractivity contribution is 5.93. The van der Waals surface area contributed by atoms with Gasteiger partial charge in [0.25, 0.3) is 0 Å². The lowest BCUT2D eigenvalue weighted by molar-refractivity contribution is -0.138. The zero-order chi connectivity index (χ0) is 17.9. The van der Waals surface area contributed by atoms with Gasteiger partial charge in [-0.3, -0.25) is 9.59 Å². The average molecular weight is 325 g/mol. The molecule has 4 heteroatoms. The first-order chi connectivity index (χ1) is 11.3. The van der Waals surface area contributed by atoms with Crippen molar-refractivity contribution in [3.8, 4) is 0 Å². The van der Waals surface area contributed by atoms with Crippen LogP contribution in [0.1, 0.15) is 40.7 Å². The number of carbonyl (C=O) groups is 2. The molecule has 24 heavy (non-hydrogen) atoms. The van der Waals surface area contributed by atoms with E-state index in [-0.39, 0.29) is 5.91 Å². The molecule has 126 valence electrons. The number of hydrogen-bond acceptors (Lipinski definition) is 2. The molecule has 0 bridgehead atoms. The van der Waals surface area contributed by atoms with Crippen molar-refractivity contribution in [2.75, 3.05) is 5.32 Å². The third-order valence-electron chi connectivity index (χ3n) is 4.22. The van der Waals surface area contributed by atoms with Crippen molar-refractivity contribution < 1.29 is 14.7 Å². The van der Waals surface area contributed by atoms with Crippen molar-refractivity contribution in [2.24, 2.45) is 0 Å². The summed E-state index contributed by atoms with van der Waals surface area (Å²) in [6.45, 7) is 7.69. The molecule has 0 spiro atoms. The van der Waals surface area contributed by atoms with Crippen LogP contribution in [0.15, 0.2) is 36.4 Å². The number of rotatable bonds is 5. The summed E-state index contributed by atoms with van der Waals surface area (Å²) < 4.78 is 0. The van der Waals surface area contributed by atoms with E-state index in [1.807, 2.05) is 20.8 Å². The lowest BCUT2D eigenvalue weighted by Crippen LogP contribution is -2.16. The predicted molar refractivity (Wildman–Crippen MR) is 95.5 cm³/mol. The number of aryl methyl sites for hydroxylation is 3. The summed E-state index contributed by atoms with van der Waals surface area (Å²) in [5.74, 6) is -1.60. The number of nitrogens with one attached hydrogen (secondary N) is 1. The largest absolute Gasteiger partial charge is 0.481 e. The molecule has 0 saturated carbocycles. The second kappa shape index (κ2) is 7.30. The lowest BCUT2D eigenvalue weighted by atomic mass is 9.97. The molecule has 0 heterocycles. The Bertz CT molecular complexity index is 757. The maximum Gasteiger partial charge on any atom is 0.310 e. The summed E-state index contributed by atoms with van der Waals surface area (Å²) in [4.78, 5) is 23.4. The molecule has 0 saturated heterocycles. The lowest BCUT2D eigenvalue weighted by Gasteiger charge is -2.13. The van der Waals surface area contributed by atoms with E-state index in [1.54, 1.807) is 31.2 Å². The molecule has 0 aliphatic carbocycles. The highest BCUT2D eigenvalue weighted by Gasteiger charge is 2.15. The fourth-order valence-electron chi connectivity index (χ4n) is 2.88. The van der Waals surface area contributed by atoms with Gasteiger partial charge in [0.2, 0.25) is 5.91 Å². The van der Waals surface area contributed by atoms with Crippen molar-refractivity contribution in [3.63, 3.8) is 0 Å². The van der Waals surface area contributed by atoms with Crippen LogP contribution < -0.4 is 5.32 Å². The van der Waals surface area contributed by atoms with E-state index in [0.29, 0.717) is 17.7 Å². The smallest absolute Gasteiger partial charge is 0.310 e. The summed E-state index contributed by atoms with van der Waals surface area (Å²) in [6, 6.07) is 11.1. The molecule has 2 aromatic rings. The van der Waals surface area contributed by atoms with Crippen LogP contribution in [0.2, 0.25) is 0 Å². The summed E-state index contributed by atoms with van der Waals surface area (Å²) in [5, 5.41) is 12.0. The zero-order valence-electron chi connectivity index (χ0n) is 14.5. The molecule has 0 fully saturated rings. The standard InChI is InChI=1S/C20H23NO3/c1-12-8-13(2)18(14(3)9-12)11-19(22)21-17-7-5-6-16(10-17)15(4)20(23)24/h5-10,15H,11H2,1-4H3,(H,21,22)(H,23,24). The highest BCUT2D eigenvalue weighted by atomic mass is 16.4. The first-order valence-corrected chi connectivity index (χ1v) is 7.97. The molecule has 2 N–H and O–H groups in total. The molecule has 1 unspecified atom stereocenters. The van der Waals surface area contributed by atoms with Gasteiger partial charge >= 0.3 is 5.97 Å². The minimum atomic E-state index is -0.885. The van der Waals surface area contributed by atoms with E-state index in [9.17, 15) is 9.59 Å². The first kappa shape index (κ1) is 17.7. The van der Waals surface area contributed by atoms with Crippen LogP contribution in [0.25, 0.3) is 0 Å². The second-order valence-electron chi connectivity index (χ2n) is 6.29. The Morgan fingerprint density at radius 2 is 1.71 bits per heavy atom. The molecule has 2 aromatic carbocycles. The fraction of sp³-hybridized carbons (Fsp3) is 0.300. The van der Waals surface area contributed by atoms with Crippen LogP contribution >= 0.6 is 0 Å². The second-order valence-corrected chi connectivity index (χ2v) is 6.29. The van der Waals surface area contributed by atoms with Gasteiger partial charge in [0.15, 0.2) is 0 Å². The van der Waals surface area contributed by atoms with Gasteiger partial charge in [-0.2, -0.15) is 0 Å². The van der Waals surface area contributed by atoms with E-state index >= 15 is 0 Å². The molecule has 0 aromatic heterocycles. The molecule has 0 aliphatic heterocycles. The SMILES string of the molecule is Cc1cc(C)c(CC(=O)Nc2cccc(C(C)C(=O)O)c2)c(C)c1. The Morgan fingerprint density at radius 3 is 2.29 bits per heavy atom. The van der Waals surface area contributed by atoms with Gasteiger partial charge in [0.05, 0.1) is 12.3 Å². The van der Waals surface area contributed by atoms with E-state index in [4.69, 9.17) is 5.11 Å². The molecule has 1 amide bonds. The van der Waals surface area contributed by atoms with Crippen molar-refractivity contribution in [1.29, 1.82) is 0 Å². The molecule has 4 nitrogen and oxygen atoms in total. The van der Waals surface area contributed by atoms with Gasteiger partial charge in [0.1, 0.15) is 0 Å². The number of amides is 1. The molecule has 0 aliphatic rings. The number of anilines is 1. The highest BCUT2D eigenvalue weighted by Crippen LogP contribution is 2.21. The van der Waals surface area contributed by atoms with Crippen LogP contribution in [-0.2, 0) is 16.0 Å². The average Bonchev–Trinajstić information content (AvgIpc) is 2.50. The molecule has 1 atom stereocenters. The minimum absolute atomic E-state index is 0.106. The predicted octanol–water partition coefficient (Wildman–Crippen LogP) is 3.98. The zero-order valence-corrected chi connectivity index (χ0v) is 14.5. The van der Waals surface area contributed by atoms with Crippen molar-refractivity contribution >= 4 is 17.6 Å². The topological polar surface area (TPSA) is 66.4 Å². The number of hydrogen-bond donors (Lipinski definition) is 2. The third kappa shape index (κ3) is 4.22. The number of aliphatic carboxylic acids is 1. The van der Waals surface area contributed by atoms with Crippen LogP contribution in [0.4, 0.5) is 5.69 Å². The van der Waals surface area contributed by atoms with Gasteiger partial charge in [0, 0.05) is 5.69 Å². The van der Waals surface area contributed by atoms with Crippen LogP contribution in [-0.4, -0.2) is 17.0 Å². The Balaban J connectivity index is 2.13. The molecule has 2 rings (SSSR count). The minimum Gasteiger partial charge on any atom is -0.481 e. The Hall–Kier alpha value is -2.62. The van der Waals surface area contributed by atoms with Crippen LogP contribution in [0, 0.1) is 20.8 Å². The van der Waals surface area contributed by atoms with Gasteiger partial charge in [-0.15, -0.1) is 0 Å². The van der Waals surface area contributed by atoms with Crippen LogP contribution in [0.5, 0.6) is 0 Å². The first-order valence-electron chi connectivity index (χ1n) is 7.97. The van der Waals surface area contributed by atoms with Gasteiger partial charge < -0.3 is 10.4 Å². The quantitative estimate of drug-likeness (QED) is 0.874. The molecule has 0 radical (unpaired) electrons. The number of benzene rings is 2. The third-order valence-corrected chi connectivity index (χ3v) is 4.22. The molecular weight excluding hydrogens is 302 g/mol. The number of carboxylic acid groups (broad SMARTS) is 1. The van der Waals surface area contributed by atoms with Crippen molar-refractivity contribution in [3.05, 3.63) is 64.2 Å². The Labute approximate surface area is 142 Å². The van der Waals surface area contributed by atoms with E-state index in [1.165, 1.54) is 5.56 Å². The molecular formula is C20H23NO3. The maximum atomic E-state index is 12.4. The van der Waals surface area contributed by atoms with Crippen LogP contribution in [0.3, 0.4) is 0 Å². The summed E-state index contributed by atoms with van der Waals surface area (Å²) >= 11 is 0. The number of carbonyl (C=O) groups excluding carboxylic acids is 1. The number of carboxylic acids is 1. The van der Waals surface area contributed by atoms with E-state index < -0.39 is 11.9 Å². The maximum absolute atomic E-state index is 12.4. The normalized spacial score (nSPS) is 11.8. The summed E-state index contributed by atoms with van der Waals surface area (Å²) in [7, 11) is 0. The summed E-state index contributed by atoms with van der Waals surface area (Å²) in [6.07, 6.45) is 0.302. The Morgan fingerprint density at radius 1 is 1.08 bits per heavy atom. The van der Waals surface area contributed by atoms with Crippen molar-refractivity contribution in [2.45, 2.75) is 40.0 Å². The van der Waals surface area contributed by atoms with E-state index in [0.717, 1.165) is 16.7 Å².